The van der Waals surface area contributed by atoms with Crippen LogP contribution in [0, 0.1) is 0 Å². The lowest BCUT2D eigenvalue weighted by Crippen LogP contribution is -2.38. The van der Waals surface area contributed by atoms with Crippen LogP contribution in [0.25, 0.3) is 36.5 Å². The van der Waals surface area contributed by atoms with Gasteiger partial charge in [-0.05, 0) is 69.8 Å². The smallest absolute Gasteiger partial charge is 0.330 e. The highest BCUT2D eigenvalue weighted by molar-refractivity contribution is 5.90. The molecule has 18 heteroatoms. The van der Waals surface area contributed by atoms with Crippen molar-refractivity contribution in [2.75, 3.05) is 93.6 Å². The summed E-state index contributed by atoms with van der Waals surface area (Å²) < 4.78 is 34.1. The minimum absolute atomic E-state index is 0.00656. The van der Waals surface area contributed by atoms with Crippen molar-refractivity contribution in [1.82, 2.24) is 15.0 Å². The normalized spacial score (nSPS) is 11.3. The molecule has 0 radical (unpaired) electrons. The van der Waals surface area contributed by atoms with Gasteiger partial charge in [-0.3, -0.25) is 0 Å². The molecule has 0 bridgehead atoms. The molecule has 18 nitrogen and oxygen atoms in total. The third-order valence-corrected chi connectivity index (χ3v) is 12.4. The van der Waals surface area contributed by atoms with Crippen molar-refractivity contribution >= 4 is 90.1 Å². The van der Waals surface area contributed by atoms with Crippen molar-refractivity contribution in [2.45, 2.75) is 0 Å². The predicted octanol–water partition coefficient (Wildman–Crippen LogP) is 9.83. The molecule has 7 rings (SSSR count). The van der Waals surface area contributed by atoms with Gasteiger partial charge in [0.25, 0.3) is 0 Å². The number of hydrogen-bond donors (Lipinski definition) is 0. The third kappa shape index (κ3) is 24.8. The summed E-state index contributed by atoms with van der Waals surface area (Å²) in [5, 5.41) is 0. The van der Waals surface area contributed by atoms with Crippen LogP contribution in [0.5, 0.6) is 0 Å². The fourth-order valence-electron chi connectivity index (χ4n) is 7.90. The van der Waals surface area contributed by atoms with E-state index in [1.807, 2.05) is 182 Å². The first-order valence-electron chi connectivity index (χ1n) is 28.0. The fourth-order valence-corrected chi connectivity index (χ4v) is 7.90. The molecule has 0 saturated heterocycles. The first kappa shape index (κ1) is 63.6. The number of hydrogen-bond acceptors (Lipinski definition) is 18. The Morgan fingerprint density at radius 1 is 0.253 bits per heavy atom. The van der Waals surface area contributed by atoms with Gasteiger partial charge in [0.15, 0.2) is 0 Å². The Hall–Kier alpha value is -11.0. The molecule has 0 saturated carbocycles. The molecule has 7 aromatic rings. The molecule has 87 heavy (non-hydrogen) atoms. The molecule has 0 atom stereocenters. The van der Waals surface area contributed by atoms with Crippen LogP contribution >= 0.6 is 0 Å². The molecular formula is C69H66N6O12. The average Bonchev–Trinajstić information content (AvgIpc) is 3.67. The van der Waals surface area contributed by atoms with E-state index in [1.54, 1.807) is 51.2 Å². The number of benzene rings is 6. The standard InChI is InChI=1S/C69H66N6O12/c76-61(37-31-55-19-7-1-8-20-55)82-49-43-73(44-50-83-62(77)38-32-56-21-9-2-10-22-56)67-70-68(74(45-51-84-63(78)39-33-57-23-11-3-12-24-57)46-52-85-64(79)40-34-58-25-13-4-14-26-58)72-69(71-67)75(47-53-86-65(80)41-35-59-27-15-5-16-28-59)48-54-87-66(81)42-36-60-29-17-6-18-30-60/h1-42H,43-54H2. The number of anilines is 3. The van der Waals surface area contributed by atoms with Gasteiger partial charge in [-0.15, -0.1) is 0 Å². The molecule has 0 aliphatic rings. The second-order valence-corrected chi connectivity index (χ2v) is 18.7. The highest BCUT2D eigenvalue weighted by atomic mass is 16.6. The van der Waals surface area contributed by atoms with Crippen LogP contribution in [0.15, 0.2) is 218 Å². The van der Waals surface area contributed by atoms with Gasteiger partial charge < -0.3 is 43.1 Å². The minimum Gasteiger partial charge on any atom is -0.461 e. The number of rotatable bonds is 33. The van der Waals surface area contributed by atoms with E-state index in [9.17, 15) is 28.8 Å². The maximum absolute atomic E-state index is 13.1. The highest BCUT2D eigenvalue weighted by Crippen LogP contribution is 2.21. The highest BCUT2D eigenvalue weighted by Gasteiger charge is 2.23. The van der Waals surface area contributed by atoms with Crippen LogP contribution in [0.1, 0.15) is 33.4 Å². The number of carbonyl (C=O) groups is 6. The zero-order chi connectivity index (χ0) is 60.9. The molecule has 0 spiro atoms. The maximum atomic E-state index is 13.1. The summed E-state index contributed by atoms with van der Waals surface area (Å²) in [4.78, 5) is 98.5. The molecule has 1 heterocycles. The summed E-state index contributed by atoms with van der Waals surface area (Å²) in [6.45, 7) is -1.42. The molecule has 0 N–H and O–H groups in total. The Morgan fingerprint density at radius 2 is 0.402 bits per heavy atom. The fraction of sp³-hybridized carbons (Fsp3) is 0.174. The van der Waals surface area contributed by atoms with Crippen molar-refractivity contribution < 1.29 is 57.2 Å². The van der Waals surface area contributed by atoms with E-state index in [2.05, 4.69) is 0 Å². The summed E-state index contributed by atoms with van der Waals surface area (Å²) in [5.74, 6) is -3.81. The van der Waals surface area contributed by atoms with E-state index >= 15 is 0 Å². The average molecular weight is 1170 g/mol. The monoisotopic (exact) mass is 1170 g/mol. The van der Waals surface area contributed by atoms with Gasteiger partial charge >= 0.3 is 35.8 Å². The lowest BCUT2D eigenvalue weighted by molar-refractivity contribution is -0.138. The Bertz CT molecular complexity index is 2880. The van der Waals surface area contributed by atoms with Crippen LogP contribution in [0.4, 0.5) is 17.8 Å². The third-order valence-electron chi connectivity index (χ3n) is 12.4. The Morgan fingerprint density at radius 3 is 0.552 bits per heavy atom. The molecular weight excluding hydrogens is 1100 g/mol. The zero-order valence-corrected chi connectivity index (χ0v) is 47.8. The Labute approximate surface area is 505 Å². The zero-order valence-electron chi connectivity index (χ0n) is 47.8. The van der Waals surface area contributed by atoms with Gasteiger partial charge in [0.2, 0.25) is 17.8 Å². The van der Waals surface area contributed by atoms with Gasteiger partial charge in [0.1, 0.15) is 39.6 Å². The van der Waals surface area contributed by atoms with Crippen molar-refractivity contribution in [2.24, 2.45) is 0 Å². The SMILES string of the molecule is O=C(C=Cc1ccccc1)OCCN(CCOC(=O)C=Cc1ccccc1)c1nc(N(CCOC(=O)C=Cc2ccccc2)CCOC(=O)C=Cc2ccccc2)nc(N(CCOC(=O)C=Cc2ccccc2)CCOC(=O)C=Cc2ccccc2)n1. The van der Waals surface area contributed by atoms with E-state index in [0.717, 1.165) is 33.4 Å². The maximum Gasteiger partial charge on any atom is 0.330 e. The minimum atomic E-state index is -0.631. The Balaban J connectivity index is 1.23. The predicted molar refractivity (Wildman–Crippen MR) is 335 cm³/mol. The van der Waals surface area contributed by atoms with Crippen molar-refractivity contribution in [3.05, 3.63) is 252 Å². The van der Waals surface area contributed by atoms with Crippen molar-refractivity contribution in [1.29, 1.82) is 0 Å². The molecule has 0 fully saturated rings. The largest absolute Gasteiger partial charge is 0.461 e. The first-order chi connectivity index (χ1) is 42.6. The number of aromatic nitrogens is 3. The van der Waals surface area contributed by atoms with E-state index in [1.165, 1.54) is 36.5 Å². The molecule has 0 aliphatic carbocycles. The molecule has 0 aliphatic heterocycles. The summed E-state index contributed by atoms with van der Waals surface area (Å²) >= 11 is 0. The lowest BCUT2D eigenvalue weighted by Gasteiger charge is -2.29. The topological polar surface area (TPSA) is 206 Å². The van der Waals surface area contributed by atoms with E-state index < -0.39 is 35.8 Å². The van der Waals surface area contributed by atoms with Gasteiger partial charge in [0, 0.05) is 36.5 Å². The first-order valence-corrected chi connectivity index (χ1v) is 28.0. The van der Waals surface area contributed by atoms with Crippen LogP contribution in [-0.4, -0.2) is 130 Å². The van der Waals surface area contributed by atoms with Gasteiger partial charge in [-0.2, -0.15) is 15.0 Å². The second-order valence-electron chi connectivity index (χ2n) is 18.7. The number of nitrogens with zero attached hydrogens (tertiary/aromatic N) is 6. The number of carbonyl (C=O) groups excluding carboxylic acids is 6. The lowest BCUT2D eigenvalue weighted by atomic mass is 10.2. The van der Waals surface area contributed by atoms with E-state index in [-0.39, 0.29) is 96.8 Å². The summed E-state index contributed by atoms with van der Waals surface area (Å²) in [6, 6.07) is 55.3. The molecule has 1 aromatic heterocycles. The molecule has 444 valence electrons. The molecule has 6 aromatic carbocycles. The van der Waals surface area contributed by atoms with Gasteiger partial charge in [-0.25, -0.2) is 28.8 Å². The number of ether oxygens (including phenoxy) is 6. The second kappa shape index (κ2) is 36.5. The quantitative estimate of drug-likeness (QED) is 0.0213. The van der Waals surface area contributed by atoms with Crippen LogP contribution in [-0.2, 0) is 57.2 Å². The van der Waals surface area contributed by atoms with Crippen LogP contribution < -0.4 is 14.7 Å². The van der Waals surface area contributed by atoms with Gasteiger partial charge in [-0.1, -0.05) is 182 Å². The van der Waals surface area contributed by atoms with Crippen LogP contribution in [0.3, 0.4) is 0 Å². The molecule has 0 amide bonds. The van der Waals surface area contributed by atoms with E-state index in [0.29, 0.717) is 0 Å². The summed E-state index contributed by atoms with van der Waals surface area (Å²) in [7, 11) is 0. The Kier molecular flexibility index (Phi) is 26.7. The van der Waals surface area contributed by atoms with E-state index in [4.69, 9.17) is 43.4 Å². The summed E-state index contributed by atoms with van der Waals surface area (Å²) in [5.41, 5.74) is 4.71. The summed E-state index contributed by atoms with van der Waals surface area (Å²) in [6.07, 6.45) is 17.6. The van der Waals surface area contributed by atoms with Crippen LogP contribution in [0.2, 0.25) is 0 Å². The number of esters is 6. The molecule has 0 unspecified atom stereocenters. The van der Waals surface area contributed by atoms with Crippen molar-refractivity contribution in [3.8, 4) is 0 Å². The van der Waals surface area contributed by atoms with Crippen molar-refractivity contribution in [3.63, 3.8) is 0 Å². The van der Waals surface area contributed by atoms with Gasteiger partial charge in [0.05, 0.1) is 39.3 Å².